The summed E-state index contributed by atoms with van der Waals surface area (Å²) >= 11 is 3.32. The van der Waals surface area contributed by atoms with E-state index >= 15 is 0 Å². The van der Waals surface area contributed by atoms with Gasteiger partial charge >= 0.3 is 0 Å². The Labute approximate surface area is 144 Å². The summed E-state index contributed by atoms with van der Waals surface area (Å²) in [4.78, 5) is 21.9. The Kier molecular flexibility index (Phi) is 4.03. The van der Waals surface area contributed by atoms with E-state index in [1.54, 1.807) is 23.1 Å². The molecule has 0 unspecified atom stereocenters. The van der Waals surface area contributed by atoms with Crippen LogP contribution in [0.15, 0.2) is 29.2 Å². The molecule has 0 spiro atoms. The Morgan fingerprint density at radius 1 is 1.22 bits per heavy atom. The fourth-order valence-corrected chi connectivity index (χ4v) is 5.57. The lowest BCUT2D eigenvalue weighted by Crippen LogP contribution is -2.29. The highest BCUT2D eigenvalue weighted by Crippen LogP contribution is 2.47. The van der Waals surface area contributed by atoms with Crippen molar-refractivity contribution < 1.29 is 4.79 Å². The second kappa shape index (κ2) is 6.17. The normalized spacial score (nSPS) is 21.0. The average molecular weight is 345 g/mol. The zero-order valence-corrected chi connectivity index (χ0v) is 14.7. The second-order valence-corrected chi connectivity index (χ2v) is 8.13. The molecule has 2 aromatic rings. The number of aromatic nitrogens is 1. The number of piperidine rings is 1. The van der Waals surface area contributed by atoms with Crippen LogP contribution >= 0.6 is 23.1 Å². The molecule has 120 valence electrons. The molecule has 23 heavy (non-hydrogen) atoms. The van der Waals surface area contributed by atoms with E-state index in [2.05, 4.69) is 16.3 Å². The van der Waals surface area contributed by atoms with Crippen molar-refractivity contribution in [1.29, 1.82) is 0 Å². The Morgan fingerprint density at radius 3 is 2.83 bits per heavy atom. The molecular formula is C17H19N3OS2. The number of hydrogen-bond donors (Lipinski definition) is 1. The molecule has 1 saturated heterocycles. The molecule has 1 N–H and O–H groups in total. The number of nitrogens with zero attached hydrogens (tertiary/aromatic N) is 2. The predicted molar refractivity (Wildman–Crippen MR) is 96.6 cm³/mol. The van der Waals surface area contributed by atoms with Crippen LogP contribution in [0.3, 0.4) is 0 Å². The Hall–Kier alpha value is -1.53. The number of carbonyl (C=O) groups is 1. The van der Waals surface area contributed by atoms with Crippen molar-refractivity contribution in [3.8, 4) is 0 Å². The zero-order chi connectivity index (χ0) is 15.8. The SMILES string of the molecule is Cc1nc(N2CCCCC2)sc1[C@H]1Sc2ccccc2NC1=O. The van der Waals surface area contributed by atoms with Crippen LogP contribution in [0.2, 0.25) is 0 Å². The van der Waals surface area contributed by atoms with E-state index in [9.17, 15) is 4.79 Å². The summed E-state index contributed by atoms with van der Waals surface area (Å²) in [7, 11) is 0. The zero-order valence-electron chi connectivity index (χ0n) is 13.0. The number of benzene rings is 1. The first-order valence-electron chi connectivity index (χ1n) is 8.01. The molecule has 2 aliphatic rings. The number of carbonyl (C=O) groups excluding carboxylic acids is 1. The Bertz CT molecular complexity index is 737. The summed E-state index contributed by atoms with van der Waals surface area (Å²) in [5.41, 5.74) is 1.90. The molecule has 1 atom stereocenters. The minimum absolute atomic E-state index is 0.0608. The fraction of sp³-hybridized carbons (Fsp3) is 0.412. The van der Waals surface area contributed by atoms with Gasteiger partial charge in [0.15, 0.2) is 5.13 Å². The highest BCUT2D eigenvalue weighted by atomic mass is 32.2. The molecule has 3 heterocycles. The molecule has 2 aliphatic heterocycles. The number of fused-ring (bicyclic) bond motifs is 1. The van der Waals surface area contributed by atoms with E-state index in [0.29, 0.717) is 0 Å². The van der Waals surface area contributed by atoms with Crippen molar-refractivity contribution in [2.24, 2.45) is 0 Å². The fourth-order valence-electron chi connectivity index (χ4n) is 3.08. The van der Waals surface area contributed by atoms with E-state index in [0.717, 1.165) is 39.4 Å². The lowest BCUT2D eigenvalue weighted by Gasteiger charge is -2.26. The van der Waals surface area contributed by atoms with Crippen LogP contribution in [0.25, 0.3) is 0 Å². The molecule has 4 nitrogen and oxygen atoms in total. The molecule has 0 saturated carbocycles. The number of rotatable bonds is 2. The molecule has 4 rings (SSSR count). The molecule has 1 aromatic heterocycles. The summed E-state index contributed by atoms with van der Waals surface area (Å²) in [5, 5.41) is 3.91. The number of thioether (sulfide) groups is 1. The first-order valence-corrected chi connectivity index (χ1v) is 9.71. The Morgan fingerprint density at radius 2 is 2.00 bits per heavy atom. The van der Waals surface area contributed by atoms with Gasteiger partial charge in [0.25, 0.3) is 0 Å². The van der Waals surface area contributed by atoms with Gasteiger partial charge in [0.2, 0.25) is 5.91 Å². The van der Waals surface area contributed by atoms with Crippen LogP contribution in [0.4, 0.5) is 10.8 Å². The lowest BCUT2D eigenvalue weighted by molar-refractivity contribution is -0.115. The molecule has 6 heteroatoms. The third-order valence-corrected chi connectivity index (χ3v) is 7.04. The molecule has 1 aromatic carbocycles. The van der Waals surface area contributed by atoms with Gasteiger partial charge in [0.1, 0.15) is 5.25 Å². The quantitative estimate of drug-likeness (QED) is 0.885. The van der Waals surface area contributed by atoms with E-state index in [1.165, 1.54) is 19.3 Å². The molecule has 1 fully saturated rings. The van der Waals surface area contributed by atoms with Gasteiger partial charge in [-0.1, -0.05) is 23.5 Å². The standard InChI is InChI=1S/C17H19N3OS2/c1-11-14(23-17(18-11)20-9-5-2-6-10-20)15-16(21)19-12-7-3-4-8-13(12)22-15/h3-4,7-8,15H,2,5-6,9-10H2,1H3,(H,19,21)/t15-/m1/s1. The number of para-hydroxylation sites is 1. The molecule has 1 amide bonds. The smallest absolute Gasteiger partial charge is 0.243 e. The van der Waals surface area contributed by atoms with Crippen molar-refractivity contribution in [3.05, 3.63) is 34.8 Å². The van der Waals surface area contributed by atoms with Gasteiger partial charge in [-0.15, -0.1) is 11.8 Å². The van der Waals surface area contributed by atoms with Gasteiger partial charge in [-0.3, -0.25) is 4.79 Å². The maximum Gasteiger partial charge on any atom is 0.243 e. The summed E-state index contributed by atoms with van der Waals surface area (Å²) in [6, 6.07) is 7.98. The third-order valence-electron chi connectivity index (χ3n) is 4.31. The van der Waals surface area contributed by atoms with E-state index < -0.39 is 0 Å². The van der Waals surface area contributed by atoms with Gasteiger partial charge < -0.3 is 10.2 Å². The maximum absolute atomic E-state index is 12.5. The minimum Gasteiger partial charge on any atom is -0.348 e. The van der Waals surface area contributed by atoms with Crippen LogP contribution in [-0.2, 0) is 4.79 Å². The van der Waals surface area contributed by atoms with Crippen LogP contribution < -0.4 is 10.2 Å². The highest BCUT2D eigenvalue weighted by molar-refractivity contribution is 8.00. The van der Waals surface area contributed by atoms with Crippen molar-refractivity contribution >= 4 is 39.8 Å². The van der Waals surface area contributed by atoms with Crippen LogP contribution in [0.1, 0.15) is 35.1 Å². The number of anilines is 2. The number of hydrogen-bond acceptors (Lipinski definition) is 5. The lowest BCUT2D eigenvalue weighted by atomic mass is 10.1. The number of aryl methyl sites for hydroxylation is 1. The molecule has 0 radical (unpaired) electrons. The highest BCUT2D eigenvalue weighted by Gasteiger charge is 2.32. The van der Waals surface area contributed by atoms with Gasteiger partial charge in [0.05, 0.1) is 16.3 Å². The second-order valence-electron chi connectivity index (χ2n) is 5.98. The van der Waals surface area contributed by atoms with Crippen LogP contribution in [-0.4, -0.2) is 24.0 Å². The minimum atomic E-state index is -0.194. The summed E-state index contributed by atoms with van der Waals surface area (Å²) in [6.07, 6.45) is 3.78. The topological polar surface area (TPSA) is 45.2 Å². The number of nitrogens with one attached hydrogen (secondary N) is 1. The summed E-state index contributed by atoms with van der Waals surface area (Å²) in [5.74, 6) is 0.0608. The van der Waals surface area contributed by atoms with Crippen molar-refractivity contribution in [3.63, 3.8) is 0 Å². The molecular weight excluding hydrogens is 326 g/mol. The molecule has 0 aliphatic carbocycles. The van der Waals surface area contributed by atoms with E-state index in [-0.39, 0.29) is 11.2 Å². The van der Waals surface area contributed by atoms with E-state index in [1.807, 2.05) is 25.1 Å². The van der Waals surface area contributed by atoms with Gasteiger partial charge in [-0.25, -0.2) is 4.98 Å². The summed E-state index contributed by atoms with van der Waals surface area (Å²) in [6.45, 7) is 4.19. The summed E-state index contributed by atoms with van der Waals surface area (Å²) < 4.78 is 0. The number of amides is 1. The first kappa shape index (κ1) is 15.0. The number of thiazole rings is 1. The average Bonchev–Trinajstić information content (AvgIpc) is 2.97. The third kappa shape index (κ3) is 2.85. The van der Waals surface area contributed by atoms with Gasteiger partial charge in [0, 0.05) is 18.0 Å². The van der Waals surface area contributed by atoms with Crippen molar-refractivity contribution in [1.82, 2.24) is 4.98 Å². The Balaban J connectivity index is 1.63. The largest absolute Gasteiger partial charge is 0.348 e. The monoisotopic (exact) mass is 345 g/mol. The first-order chi connectivity index (χ1) is 11.2. The molecule has 0 bridgehead atoms. The van der Waals surface area contributed by atoms with Gasteiger partial charge in [-0.2, -0.15) is 0 Å². The van der Waals surface area contributed by atoms with Crippen molar-refractivity contribution in [2.45, 2.75) is 36.3 Å². The van der Waals surface area contributed by atoms with Crippen LogP contribution in [0.5, 0.6) is 0 Å². The predicted octanol–water partition coefficient (Wildman–Crippen LogP) is 4.23. The maximum atomic E-state index is 12.5. The van der Waals surface area contributed by atoms with E-state index in [4.69, 9.17) is 4.98 Å². The van der Waals surface area contributed by atoms with Crippen molar-refractivity contribution in [2.75, 3.05) is 23.3 Å². The van der Waals surface area contributed by atoms with Gasteiger partial charge in [-0.05, 0) is 38.3 Å². The van der Waals surface area contributed by atoms with Crippen LogP contribution in [0, 0.1) is 6.92 Å².